The number of nitrogens with zero attached hydrogens (tertiary/aromatic N) is 3. The van der Waals surface area contributed by atoms with Gasteiger partial charge in [-0.3, -0.25) is 4.79 Å². The van der Waals surface area contributed by atoms with E-state index in [0.717, 1.165) is 10.8 Å². The summed E-state index contributed by atoms with van der Waals surface area (Å²) in [6, 6.07) is 18.8. The van der Waals surface area contributed by atoms with Crippen LogP contribution in [-0.2, 0) is 11.3 Å². The first-order valence-corrected chi connectivity index (χ1v) is 8.89. The third-order valence-corrected chi connectivity index (χ3v) is 4.76. The van der Waals surface area contributed by atoms with Crippen molar-refractivity contribution in [3.8, 4) is 17.9 Å². The molecule has 0 radical (unpaired) electrons. The molecule has 0 spiro atoms. The number of carbonyl (C=O) groups is 1. The number of hydrogen-bond acceptors (Lipinski definition) is 4. The summed E-state index contributed by atoms with van der Waals surface area (Å²) in [4.78, 5) is 14.3. The van der Waals surface area contributed by atoms with E-state index in [1.54, 1.807) is 19.2 Å². The second kappa shape index (κ2) is 8.41. The summed E-state index contributed by atoms with van der Waals surface area (Å²) >= 11 is 0. The molecule has 0 aliphatic carbocycles. The highest BCUT2D eigenvalue weighted by molar-refractivity contribution is 5.91. The van der Waals surface area contributed by atoms with E-state index in [0.29, 0.717) is 22.4 Å². The first kappa shape index (κ1) is 19.9. The van der Waals surface area contributed by atoms with Crippen LogP contribution in [0.5, 0.6) is 5.75 Å². The molecule has 5 nitrogen and oxygen atoms in total. The average Bonchev–Trinajstić information content (AvgIpc) is 2.73. The maximum Gasteiger partial charge on any atom is 0.244 e. The van der Waals surface area contributed by atoms with E-state index in [1.165, 1.54) is 30.2 Å². The van der Waals surface area contributed by atoms with Gasteiger partial charge in [0.2, 0.25) is 5.91 Å². The number of halogens is 1. The van der Waals surface area contributed by atoms with Gasteiger partial charge in [0.1, 0.15) is 17.6 Å². The summed E-state index contributed by atoms with van der Waals surface area (Å²) < 4.78 is 19.0. The molecule has 1 atom stereocenters. The average molecular weight is 387 g/mol. The number of benzene rings is 3. The Kier molecular flexibility index (Phi) is 5.76. The fourth-order valence-electron chi connectivity index (χ4n) is 3.37. The number of fused-ring (bicyclic) bond motifs is 1. The van der Waals surface area contributed by atoms with Crippen molar-refractivity contribution in [1.82, 2.24) is 4.90 Å². The quantitative estimate of drug-likeness (QED) is 0.660. The van der Waals surface area contributed by atoms with E-state index < -0.39 is 17.6 Å². The Morgan fingerprint density at radius 1 is 1.17 bits per heavy atom. The molecule has 0 aliphatic rings. The number of ether oxygens (including phenoxy) is 1. The SMILES string of the molecule is COc1c(C#N)cc2ccccc2c1CN(C)C(=O)C(C#N)c1cccc(F)c1. The van der Waals surface area contributed by atoms with Crippen LogP contribution in [0.25, 0.3) is 10.8 Å². The molecule has 0 aromatic heterocycles. The Hall–Kier alpha value is -3.90. The van der Waals surface area contributed by atoms with E-state index in [1.807, 2.05) is 30.3 Å². The molecule has 0 saturated heterocycles. The van der Waals surface area contributed by atoms with Crippen molar-refractivity contribution in [1.29, 1.82) is 10.5 Å². The van der Waals surface area contributed by atoms with Crippen LogP contribution < -0.4 is 4.74 Å². The lowest BCUT2D eigenvalue weighted by Gasteiger charge is -2.23. The molecule has 0 aliphatic heterocycles. The predicted molar refractivity (Wildman–Crippen MR) is 106 cm³/mol. The Bertz CT molecular complexity index is 1160. The molecule has 0 saturated carbocycles. The molecule has 0 heterocycles. The summed E-state index contributed by atoms with van der Waals surface area (Å²) in [6.07, 6.45) is 0. The van der Waals surface area contributed by atoms with Crippen molar-refractivity contribution < 1.29 is 13.9 Å². The van der Waals surface area contributed by atoms with Gasteiger partial charge in [0.05, 0.1) is 18.7 Å². The molecule has 0 N–H and O–H groups in total. The monoisotopic (exact) mass is 387 g/mol. The molecule has 1 amide bonds. The largest absolute Gasteiger partial charge is 0.495 e. The van der Waals surface area contributed by atoms with Crippen LogP contribution in [0.4, 0.5) is 4.39 Å². The number of likely N-dealkylation sites (N-methyl/N-ethyl adjacent to an activating group) is 1. The fraction of sp³-hybridized carbons (Fsp3) is 0.174. The van der Waals surface area contributed by atoms with Crippen molar-refractivity contribution >= 4 is 16.7 Å². The normalized spacial score (nSPS) is 11.3. The third kappa shape index (κ3) is 3.88. The van der Waals surface area contributed by atoms with Crippen LogP contribution in [0, 0.1) is 28.5 Å². The van der Waals surface area contributed by atoms with E-state index in [4.69, 9.17) is 4.74 Å². The number of rotatable bonds is 5. The second-order valence-electron chi connectivity index (χ2n) is 6.58. The van der Waals surface area contributed by atoms with Crippen LogP contribution in [-0.4, -0.2) is 25.0 Å². The zero-order chi connectivity index (χ0) is 21.0. The van der Waals surface area contributed by atoms with E-state index in [9.17, 15) is 19.7 Å². The highest BCUT2D eigenvalue weighted by atomic mass is 19.1. The molecule has 3 aromatic rings. The lowest BCUT2D eigenvalue weighted by atomic mass is 9.97. The summed E-state index contributed by atoms with van der Waals surface area (Å²) in [5, 5.41) is 20.7. The number of nitriles is 2. The summed E-state index contributed by atoms with van der Waals surface area (Å²) in [7, 11) is 3.04. The van der Waals surface area contributed by atoms with E-state index in [-0.39, 0.29) is 6.54 Å². The van der Waals surface area contributed by atoms with E-state index in [2.05, 4.69) is 6.07 Å². The van der Waals surface area contributed by atoms with Crippen molar-refractivity contribution in [2.24, 2.45) is 0 Å². The van der Waals surface area contributed by atoms with Gasteiger partial charge in [-0.1, -0.05) is 36.4 Å². The minimum atomic E-state index is -1.13. The number of methoxy groups -OCH3 is 1. The van der Waals surface area contributed by atoms with Gasteiger partial charge in [0, 0.05) is 19.2 Å². The topological polar surface area (TPSA) is 77.1 Å². The minimum absolute atomic E-state index is 0.130. The maximum atomic E-state index is 13.6. The van der Waals surface area contributed by atoms with Crippen molar-refractivity contribution in [2.45, 2.75) is 12.5 Å². The van der Waals surface area contributed by atoms with Gasteiger partial charge in [-0.05, 0) is 34.5 Å². The van der Waals surface area contributed by atoms with Crippen LogP contribution in [0.1, 0.15) is 22.6 Å². The van der Waals surface area contributed by atoms with Crippen LogP contribution in [0.2, 0.25) is 0 Å². The predicted octanol–water partition coefficient (Wildman–Crippen LogP) is 4.12. The second-order valence-corrected chi connectivity index (χ2v) is 6.58. The molecule has 3 rings (SSSR count). The zero-order valence-corrected chi connectivity index (χ0v) is 16.0. The molecule has 1 unspecified atom stereocenters. The third-order valence-electron chi connectivity index (χ3n) is 4.76. The maximum absolute atomic E-state index is 13.6. The first-order chi connectivity index (χ1) is 14.0. The summed E-state index contributed by atoms with van der Waals surface area (Å²) in [6.45, 7) is 0.130. The Morgan fingerprint density at radius 3 is 2.59 bits per heavy atom. The lowest BCUT2D eigenvalue weighted by Crippen LogP contribution is -2.31. The molecule has 6 heteroatoms. The van der Waals surface area contributed by atoms with E-state index >= 15 is 0 Å². The Morgan fingerprint density at radius 2 is 1.93 bits per heavy atom. The minimum Gasteiger partial charge on any atom is -0.495 e. The number of amides is 1. The molecular weight excluding hydrogens is 369 g/mol. The van der Waals surface area contributed by atoms with Crippen molar-refractivity contribution in [3.63, 3.8) is 0 Å². The number of hydrogen-bond donors (Lipinski definition) is 0. The van der Waals surface area contributed by atoms with Gasteiger partial charge in [-0.25, -0.2) is 4.39 Å². The molecular formula is C23H18FN3O2. The van der Waals surface area contributed by atoms with Gasteiger partial charge in [0.15, 0.2) is 5.92 Å². The van der Waals surface area contributed by atoms with Crippen LogP contribution in [0.3, 0.4) is 0 Å². The highest BCUT2D eigenvalue weighted by Gasteiger charge is 2.26. The van der Waals surface area contributed by atoms with Crippen molar-refractivity contribution in [2.75, 3.05) is 14.2 Å². The lowest BCUT2D eigenvalue weighted by molar-refractivity contribution is -0.130. The molecule has 29 heavy (non-hydrogen) atoms. The summed E-state index contributed by atoms with van der Waals surface area (Å²) in [5.41, 5.74) is 1.34. The van der Waals surface area contributed by atoms with Crippen LogP contribution in [0.15, 0.2) is 54.6 Å². The van der Waals surface area contributed by atoms with Gasteiger partial charge >= 0.3 is 0 Å². The molecule has 0 bridgehead atoms. The van der Waals surface area contributed by atoms with Gasteiger partial charge < -0.3 is 9.64 Å². The van der Waals surface area contributed by atoms with Gasteiger partial charge in [0.25, 0.3) is 0 Å². The molecule has 3 aromatic carbocycles. The van der Waals surface area contributed by atoms with Crippen LogP contribution >= 0.6 is 0 Å². The standard InChI is InChI=1S/C23H18FN3O2/c1-27(23(28)20(13-26)16-7-5-8-18(24)11-16)14-21-19-9-4-3-6-15(19)10-17(12-25)22(21)29-2/h3-11,20H,14H2,1-2H3. The summed E-state index contributed by atoms with van der Waals surface area (Å²) in [5.74, 6) is -1.71. The molecule has 144 valence electrons. The Balaban J connectivity index is 2.01. The first-order valence-electron chi connectivity index (χ1n) is 8.89. The van der Waals surface area contributed by atoms with Gasteiger partial charge in [-0.2, -0.15) is 10.5 Å². The number of carbonyl (C=O) groups excluding carboxylic acids is 1. The highest BCUT2D eigenvalue weighted by Crippen LogP contribution is 2.33. The molecule has 0 fully saturated rings. The Labute approximate surface area is 168 Å². The smallest absolute Gasteiger partial charge is 0.244 e. The van der Waals surface area contributed by atoms with Gasteiger partial charge in [-0.15, -0.1) is 0 Å². The van der Waals surface area contributed by atoms with Crippen molar-refractivity contribution in [3.05, 3.63) is 77.1 Å². The fourth-order valence-corrected chi connectivity index (χ4v) is 3.37. The zero-order valence-electron chi connectivity index (χ0n) is 16.0.